The maximum absolute atomic E-state index is 12.8. The highest BCUT2D eigenvalue weighted by Crippen LogP contribution is 2.22. The van der Waals surface area contributed by atoms with Crippen LogP contribution in [0.5, 0.6) is 0 Å². The van der Waals surface area contributed by atoms with Crippen LogP contribution in [0.15, 0.2) is 71.3 Å². The number of furan rings is 1. The molecular weight excluding hydrogens is 428 g/mol. The number of piperazine rings is 1. The van der Waals surface area contributed by atoms with E-state index in [2.05, 4.69) is 62.5 Å². The molecule has 1 N–H and O–H groups in total. The molecule has 0 aliphatic carbocycles. The number of nitrogens with one attached hydrogen (secondary N) is 1. The molecule has 1 amide bonds. The lowest BCUT2D eigenvalue weighted by Crippen LogP contribution is -2.45. The third kappa shape index (κ3) is 5.67. The van der Waals surface area contributed by atoms with E-state index >= 15 is 0 Å². The van der Waals surface area contributed by atoms with Crippen LogP contribution in [0.25, 0.3) is 0 Å². The van der Waals surface area contributed by atoms with Gasteiger partial charge in [0.25, 0.3) is 5.91 Å². The second-order valence-corrected chi connectivity index (χ2v) is 8.91. The molecule has 34 heavy (non-hydrogen) atoms. The van der Waals surface area contributed by atoms with E-state index in [-0.39, 0.29) is 5.91 Å². The third-order valence-corrected chi connectivity index (χ3v) is 6.56. The summed E-state index contributed by atoms with van der Waals surface area (Å²) < 4.78 is 10.9. The lowest BCUT2D eigenvalue weighted by Gasteiger charge is -2.36. The molecule has 0 bridgehead atoms. The fraction of sp³-hybridized carbons (Fsp3) is 0.370. The molecule has 2 aliphatic heterocycles. The molecule has 0 saturated carbocycles. The summed E-state index contributed by atoms with van der Waals surface area (Å²) in [4.78, 5) is 20.0. The Kier molecular flexibility index (Phi) is 7.24. The minimum Gasteiger partial charge on any atom is -0.459 e. The van der Waals surface area contributed by atoms with Crippen LogP contribution < -0.4 is 10.2 Å². The van der Waals surface area contributed by atoms with Gasteiger partial charge < -0.3 is 19.4 Å². The first-order valence-corrected chi connectivity index (χ1v) is 12.0. The highest BCUT2D eigenvalue weighted by molar-refractivity contribution is 6.03. The molecule has 3 heterocycles. The zero-order valence-corrected chi connectivity index (χ0v) is 19.5. The molecule has 0 unspecified atom stereocenters. The van der Waals surface area contributed by atoms with E-state index in [9.17, 15) is 4.79 Å². The van der Waals surface area contributed by atoms with E-state index in [0.29, 0.717) is 12.3 Å². The number of carbonyl (C=O) groups excluding carboxylic acids is 1. The van der Waals surface area contributed by atoms with E-state index in [1.54, 1.807) is 6.26 Å². The van der Waals surface area contributed by atoms with Crippen molar-refractivity contribution in [2.24, 2.45) is 0 Å². The van der Waals surface area contributed by atoms with Gasteiger partial charge in [-0.1, -0.05) is 30.3 Å². The van der Waals surface area contributed by atoms with Crippen LogP contribution in [-0.4, -0.2) is 68.2 Å². The lowest BCUT2D eigenvalue weighted by atomic mass is 10.2. The van der Waals surface area contributed by atoms with Crippen molar-refractivity contribution >= 4 is 17.3 Å². The normalized spacial score (nSPS) is 17.6. The zero-order chi connectivity index (χ0) is 23.2. The number of morpholine rings is 1. The molecule has 0 radical (unpaired) electrons. The number of nitrogens with zero attached hydrogens (tertiary/aromatic N) is 3. The molecule has 2 fully saturated rings. The fourth-order valence-electron chi connectivity index (χ4n) is 4.61. The van der Waals surface area contributed by atoms with Crippen molar-refractivity contribution in [3.05, 3.63) is 83.8 Å². The van der Waals surface area contributed by atoms with Gasteiger partial charge in [-0.25, -0.2) is 0 Å². The van der Waals surface area contributed by atoms with Gasteiger partial charge >= 0.3 is 0 Å². The van der Waals surface area contributed by atoms with E-state index in [1.807, 2.05) is 18.2 Å². The summed E-state index contributed by atoms with van der Waals surface area (Å²) >= 11 is 0. The number of anilines is 2. The van der Waals surface area contributed by atoms with Crippen molar-refractivity contribution in [1.29, 1.82) is 0 Å². The second-order valence-electron chi connectivity index (χ2n) is 8.91. The summed E-state index contributed by atoms with van der Waals surface area (Å²) in [7, 11) is 0. The molecule has 3 aromatic rings. The van der Waals surface area contributed by atoms with Crippen molar-refractivity contribution in [2.75, 3.05) is 62.7 Å². The van der Waals surface area contributed by atoms with Crippen molar-refractivity contribution in [1.82, 2.24) is 9.80 Å². The van der Waals surface area contributed by atoms with Crippen LogP contribution in [0, 0.1) is 0 Å². The number of ether oxygens (including phenoxy) is 1. The molecule has 7 nitrogen and oxygen atoms in total. The Morgan fingerprint density at radius 1 is 0.794 bits per heavy atom. The Bertz CT molecular complexity index is 1050. The average Bonchev–Trinajstić information content (AvgIpc) is 3.35. The largest absolute Gasteiger partial charge is 0.459 e. The molecule has 2 aliphatic rings. The van der Waals surface area contributed by atoms with Crippen molar-refractivity contribution in [2.45, 2.75) is 13.1 Å². The van der Waals surface area contributed by atoms with Crippen LogP contribution in [0.4, 0.5) is 11.4 Å². The number of benzene rings is 2. The predicted octanol–water partition coefficient (Wildman–Crippen LogP) is 3.69. The second kappa shape index (κ2) is 10.9. The van der Waals surface area contributed by atoms with Crippen LogP contribution in [0.3, 0.4) is 0 Å². The number of carbonyl (C=O) groups is 1. The summed E-state index contributed by atoms with van der Waals surface area (Å²) in [6, 6.07) is 20.6. The number of amides is 1. The molecule has 7 heteroatoms. The number of hydrogen-bond donors (Lipinski definition) is 1. The Morgan fingerprint density at radius 2 is 1.50 bits per heavy atom. The topological polar surface area (TPSA) is 61.2 Å². The first-order chi connectivity index (χ1) is 16.7. The molecule has 0 spiro atoms. The van der Waals surface area contributed by atoms with Gasteiger partial charge in [0, 0.05) is 69.3 Å². The van der Waals surface area contributed by atoms with Gasteiger partial charge in [-0.05, 0) is 35.9 Å². The maximum atomic E-state index is 12.8. The maximum Gasteiger partial charge on any atom is 0.291 e. The highest BCUT2D eigenvalue weighted by Gasteiger charge is 2.20. The summed E-state index contributed by atoms with van der Waals surface area (Å²) in [6.45, 7) is 8.96. The highest BCUT2D eigenvalue weighted by atomic mass is 16.5. The van der Waals surface area contributed by atoms with E-state index in [4.69, 9.17) is 9.15 Å². The molecule has 1 aromatic heterocycles. The summed E-state index contributed by atoms with van der Waals surface area (Å²) in [5.74, 6) is 0.167. The minimum atomic E-state index is -0.212. The van der Waals surface area contributed by atoms with Crippen LogP contribution >= 0.6 is 0 Å². The number of rotatable bonds is 7. The SMILES string of the molecule is O=C(Nc1ccc(N2CCN(Cc3ccccc3)CC2)cc1)c1occc1CN1CCOCC1. The van der Waals surface area contributed by atoms with Crippen molar-refractivity contribution in [3.63, 3.8) is 0 Å². The van der Waals surface area contributed by atoms with Gasteiger partial charge in [-0.3, -0.25) is 14.6 Å². The predicted molar refractivity (Wildman–Crippen MR) is 133 cm³/mol. The Balaban J connectivity index is 1.13. The summed E-state index contributed by atoms with van der Waals surface area (Å²) in [5, 5.41) is 2.98. The Labute approximate surface area is 200 Å². The van der Waals surface area contributed by atoms with Gasteiger partial charge in [0.2, 0.25) is 0 Å². The van der Waals surface area contributed by atoms with Crippen molar-refractivity contribution < 1.29 is 13.9 Å². The van der Waals surface area contributed by atoms with Crippen LogP contribution in [-0.2, 0) is 17.8 Å². The molecule has 178 valence electrons. The molecular formula is C27H32N4O3. The number of hydrogen-bond acceptors (Lipinski definition) is 6. The summed E-state index contributed by atoms with van der Waals surface area (Å²) in [5.41, 5.74) is 4.22. The standard InChI is InChI=1S/C27H32N4O3/c32-27(26-23(10-17-34-26)21-30-15-18-33-19-16-30)28-24-6-8-25(9-7-24)31-13-11-29(12-14-31)20-22-4-2-1-3-5-22/h1-10,17H,11-16,18-21H2,(H,28,32). The third-order valence-electron chi connectivity index (χ3n) is 6.56. The van der Waals surface area contributed by atoms with Gasteiger partial charge in [0.1, 0.15) is 0 Å². The first kappa shape index (κ1) is 22.7. The van der Waals surface area contributed by atoms with Gasteiger partial charge in [-0.2, -0.15) is 0 Å². The quantitative estimate of drug-likeness (QED) is 0.580. The summed E-state index contributed by atoms with van der Waals surface area (Å²) in [6.07, 6.45) is 1.59. The molecule has 2 aromatic carbocycles. The van der Waals surface area contributed by atoms with Crippen molar-refractivity contribution in [3.8, 4) is 0 Å². The van der Waals surface area contributed by atoms with Gasteiger partial charge in [0.05, 0.1) is 19.5 Å². The first-order valence-electron chi connectivity index (χ1n) is 12.0. The Morgan fingerprint density at radius 3 is 2.24 bits per heavy atom. The average molecular weight is 461 g/mol. The van der Waals surface area contributed by atoms with E-state index in [0.717, 1.165) is 70.3 Å². The lowest BCUT2D eigenvalue weighted by molar-refractivity contribution is 0.0340. The van der Waals surface area contributed by atoms with Gasteiger partial charge in [0.15, 0.2) is 5.76 Å². The monoisotopic (exact) mass is 460 g/mol. The Hall–Kier alpha value is -3.13. The van der Waals surface area contributed by atoms with Crippen LogP contribution in [0.1, 0.15) is 21.7 Å². The molecule has 5 rings (SSSR count). The fourth-order valence-corrected chi connectivity index (χ4v) is 4.61. The minimum absolute atomic E-state index is 0.212. The zero-order valence-electron chi connectivity index (χ0n) is 19.5. The molecule has 2 saturated heterocycles. The smallest absolute Gasteiger partial charge is 0.291 e. The van der Waals surface area contributed by atoms with Gasteiger partial charge in [-0.15, -0.1) is 0 Å². The van der Waals surface area contributed by atoms with E-state index < -0.39 is 0 Å². The van der Waals surface area contributed by atoms with E-state index in [1.165, 1.54) is 11.3 Å². The molecule has 0 atom stereocenters. The van der Waals surface area contributed by atoms with Crippen LogP contribution in [0.2, 0.25) is 0 Å².